The van der Waals surface area contributed by atoms with E-state index in [1.807, 2.05) is 17.0 Å². The molecule has 4 heteroatoms. The Kier molecular flexibility index (Phi) is 1.66. The maximum absolute atomic E-state index is 4.20. The first-order valence-electron chi connectivity index (χ1n) is 3.92. The molecule has 12 heavy (non-hydrogen) atoms. The van der Waals surface area contributed by atoms with Gasteiger partial charge in [-0.3, -0.25) is 4.57 Å². The Hall–Kier alpha value is -1.58. The second-order valence-corrected chi connectivity index (χ2v) is 2.56. The molecular weight excluding hydrogens is 152 g/mol. The van der Waals surface area contributed by atoms with Gasteiger partial charge in [0.05, 0.1) is 6.20 Å². The molecule has 0 radical (unpaired) electrons. The fraction of sp³-hybridized carbons (Fsp3) is 0.250. The molecule has 0 aromatic carbocycles. The van der Waals surface area contributed by atoms with Crippen LogP contribution in [0.2, 0.25) is 0 Å². The number of hydrogen-bond donors (Lipinski definition) is 1. The van der Waals surface area contributed by atoms with Gasteiger partial charge < -0.3 is 4.98 Å². The molecule has 62 valence electrons. The summed E-state index contributed by atoms with van der Waals surface area (Å²) in [4.78, 5) is 11.3. The molecule has 2 heterocycles. The van der Waals surface area contributed by atoms with E-state index in [4.69, 9.17) is 0 Å². The monoisotopic (exact) mass is 162 g/mol. The molecule has 0 fully saturated rings. The summed E-state index contributed by atoms with van der Waals surface area (Å²) in [5, 5.41) is 0. The summed E-state index contributed by atoms with van der Waals surface area (Å²) in [6.45, 7) is 2.09. The molecule has 0 saturated heterocycles. The van der Waals surface area contributed by atoms with Crippen LogP contribution in [0, 0.1) is 0 Å². The van der Waals surface area contributed by atoms with E-state index in [-0.39, 0.29) is 0 Å². The quantitative estimate of drug-likeness (QED) is 0.720. The first-order valence-corrected chi connectivity index (χ1v) is 3.92. The van der Waals surface area contributed by atoms with Gasteiger partial charge in [0.25, 0.3) is 0 Å². The molecule has 0 atom stereocenters. The Balaban J connectivity index is 2.35. The lowest BCUT2D eigenvalue weighted by molar-refractivity contribution is 0.944. The molecule has 0 saturated carbocycles. The van der Waals surface area contributed by atoms with Crippen LogP contribution in [0.15, 0.2) is 24.9 Å². The van der Waals surface area contributed by atoms with E-state index in [1.165, 1.54) is 0 Å². The second-order valence-electron chi connectivity index (χ2n) is 2.56. The predicted octanol–water partition coefficient (Wildman–Crippen LogP) is 1.16. The SMILES string of the molecule is CCc1cnc(-n2ccnc2)[nH]1. The van der Waals surface area contributed by atoms with Crippen LogP contribution in [-0.4, -0.2) is 19.5 Å². The van der Waals surface area contributed by atoms with Crippen molar-refractivity contribution in [2.45, 2.75) is 13.3 Å². The van der Waals surface area contributed by atoms with Gasteiger partial charge in [-0.25, -0.2) is 9.97 Å². The van der Waals surface area contributed by atoms with Crippen molar-refractivity contribution in [2.24, 2.45) is 0 Å². The number of imidazole rings is 2. The molecule has 2 rings (SSSR count). The highest BCUT2D eigenvalue weighted by Gasteiger charge is 1.98. The van der Waals surface area contributed by atoms with Crippen molar-refractivity contribution in [3.05, 3.63) is 30.6 Å². The first-order chi connectivity index (χ1) is 5.90. The fourth-order valence-electron chi connectivity index (χ4n) is 1.04. The summed E-state index contributed by atoms with van der Waals surface area (Å²) >= 11 is 0. The second kappa shape index (κ2) is 2.81. The number of nitrogens with zero attached hydrogens (tertiary/aromatic N) is 3. The van der Waals surface area contributed by atoms with Crippen LogP contribution in [0.3, 0.4) is 0 Å². The zero-order chi connectivity index (χ0) is 8.39. The molecular formula is C8H10N4. The highest BCUT2D eigenvalue weighted by Crippen LogP contribution is 2.02. The fourth-order valence-corrected chi connectivity index (χ4v) is 1.04. The van der Waals surface area contributed by atoms with Gasteiger partial charge in [-0.1, -0.05) is 6.92 Å². The van der Waals surface area contributed by atoms with E-state index in [9.17, 15) is 0 Å². The summed E-state index contributed by atoms with van der Waals surface area (Å²) in [6, 6.07) is 0. The Labute approximate surface area is 70.3 Å². The standard InChI is InChI=1S/C8H10N4/c1-2-7-5-10-8(11-7)12-4-3-9-6-12/h3-6H,2H2,1H3,(H,10,11). The molecule has 1 N–H and O–H groups in total. The third-order valence-electron chi connectivity index (χ3n) is 1.74. The van der Waals surface area contributed by atoms with Crippen molar-refractivity contribution in [3.63, 3.8) is 0 Å². The van der Waals surface area contributed by atoms with E-state index in [0.29, 0.717) is 0 Å². The van der Waals surface area contributed by atoms with Crippen LogP contribution >= 0.6 is 0 Å². The van der Waals surface area contributed by atoms with Crippen LogP contribution in [0.25, 0.3) is 5.95 Å². The number of aromatic nitrogens is 4. The maximum Gasteiger partial charge on any atom is 0.212 e. The first kappa shape index (κ1) is 7.09. The van der Waals surface area contributed by atoms with E-state index in [0.717, 1.165) is 18.1 Å². The minimum absolute atomic E-state index is 0.823. The van der Waals surface area contributed by atoms with Gasteiger partial charge in [0.1, 0.15) is 6.33 Å². The van der Waals surface area contributed by atoms with Crippen LogP contribution in [0.1, 0.15) is 12.6 Å². The lowest BCUT2D eigenvalue weighted by Gasteiger charge is -1.93. The third kappa shape index (κ3) is 1.11. The molecule has 2 aromatic rings. The minimum Gasteiger partial charge on any atom is -0.327 e. The van der Waals surface area contributed by atoms with Crippen molar-refractivity contribution in [1.82, 2.24) is 19.5 Å². The molecule has 0 spiro atoms. The van der Waals surface area contributed by atoms with Gasteiger partial charge in [-0.05, 0) is 6.42 Å². The zero-order valence-electron chi connectivity index (χ0n) is 6.86. The molecule has 0 aliphatic carbocycles. The highest BCUT2D eigenvalue weighted by atomic mass is 15.2. The third-order valence-corrected chi connectivity index (χ3v) is 1.74. The maximum atomic E-state index is 4.20. The highest BCUT2D eigenvalue weighted by molar-refractivity contribution is 5.14. The summed E-state index contributed by atoms with van der Waals surface area (Å²) < 4.78 is 1.85. The van der Waals surface area contributed by atoms with E-state index in [1.54, 1.807) is 12.5 Å². The minimum atomic E-state index is 0.823. The van der Waals surface area contributed by atoms with Crippen LogP contribution in [0.4, 0.5) is 0 Å². The molecule has 0 unspecified atom stereocenters. The van der Waals surface area contributed by atoms with Gasteiger partial charge in [-0.15, -0.1) is 0 Å². The Morgan fingerprint density at radius 3 is 3.08 bits per heavy atom. The van der Waals surface area contributed by atoms with E-state index >= 15 is 0 Å². The van der Waals surface area contributed by atoms with Gasteiger partial charge in [0.2, 0.25) is 5.95 Å². The normalized spacial score (nSPS) is 10.4. The Bertz CT molecular complexity index is 347. The number of nitrogens with one attached hydrogen (secondary N) is 1. The lowest BCUT2D eigenvalue weighted by atomic mass is 10.4. The van der Waals surface area contributed by atoms with Gasteiger partial charge in [0.15, 0.2) is 0 Å². The molecule has 0 bridgehead atoms. The molecule has 0 aliphatic heterocycles. The van der Waals surface area contributed by atoms with E-state index < -0.39 is 0 Å². The van der Waals surface area contributed by atoms with Gasteiger partial charge >= 0.3 is 0 Å². The van der Waals surface area contributed by atoms with Crippen LogP contribution in [-0.2, 0) is 6.42 Å². The number of aryl methyl sites for hydroxylation is 1. The average molecular weight is 162 g/mol. The Morgan fingerprint density at radius 1 is 1.58 bits per heavy atom. The smallest absolute Gasteiger partial charge is 0.212 e. The van der Waals surface area contributed by atoms with Gasteiger partial charge in [-0.2, -0.15) is 0 Å². The predicted molar refractivity (Wildman–Crippen MR) is 45.1 cm³/mol. The van der Waals surface area contributed by atoms with Crippen LogP contribution in [0.5, 0.6) is 0 Å². The summed E-state index contributed by atoms with van der Waals surface area (Å²) in [5.41, 5.74) is 1.14. The lowest BCUT2D eigenvalue weighted by Crippen LogP contribution is -1.92. The van der Waals surface area contributed by atoms with Crippen molar-refractivity contribution >= 4 is 0 Å². The molecule has 4 nitrogen and oxygen atoms in total. The summed E-state index contributed by atoms with van der Waals surface area (Å²) in [5.74, 6) is 0.823. The molecule has 0 amide bonds. The Morgan fingerprint density at radius 2 is 2.50 bits per heavy atom. The largest absolute Gasteiger partial charge is 0.327 e. The van der Waals surface area contributed by atoms with E-state index in [2.05, 4.69) is 21.9 Å². The van der Waals surface area contributed by atoms with Crippen molar-refractivity contribution in [2.75, 3.05) is 0 Å². The summed E-state index contributed by atoms with van der Waals surface area (Å²) in [6.07, 6.45) is 8.13. The number of H-pyrrole nitrogens is 1. The topological polar surface area (TPSA) is 46.5 Å². The summed E-state index contributed by atoms with van der Waals surface area (Å²) in [7, 11) is 0. The van der Waals surface area contributed by atoms with Crippen molar-refractivity contribution in [3.8, 4) is 5.95 Å². The average Bonchev–Trinajstić information content (AvgIpc) is 2.75. The zero-order valence-corrected chi connectivity index (χ0v) is 6.86. The van der Waals surface area contributed by atoms with Crippen molar-refractivity contribution in [1.29, 1.82) is 0 Å². The molecule has 2 aromatic heterocycles. The van der Waals surface area contributed by atoms with Crippen molar-refractivity contribution < 1.29 is 0 Å². The number of hydrogen-bond acceptors (Lipinski definition) is 2. The number of rotatable bonds is 2. The van der Waals surface area contributed by atoms with Gasteiger partial charge in [0, 0.05) is 18.1 Å². The molecule has 0 aliphatic rings. The number of aromatic amines is 1. The van der Waals surface area contributed by atoms with Crippen LogP contribution < -0.4 is 0 Å².